The smallest absolute Gasteiger partial charge is 0.338 e. The Labute approximate surface area is 193 Å². The summed E-state index contributed by atoms with van der Waals surface area (Å²) >= 11 is 0. The molecule has 4 rings (SSSR count). The summed E-state index contributed by atoms with van der Waals surface area (Å²) in [5.41, 5.74) is 2.77. The summed E-state index contributed by atoms with van der Waals surface area (Å²) in [6.07, 6.45) is 5.21. The highest BCUT2D eigenvalue weighted by Gasteiger charge is 2.32. The zero-order chi connectivity index (χ0) is 23.8. The van der Waals surface area contributed by atoms with Crippen LogP contribution in [0.3, 0.4) is 0 Å². The summed E-state index contributed by atoms with van der Waals surface area (Å²) in [7, 11) is -3.91. The number of carbonyl (C=O) groups excluding carboxylic acids is 2. The van der Waals surface area contributed by atoms with Gasteiger partial charge in [0.2, 0.25) is 5.78 Å². The lowest BCUT2D eigenvalue weighted by atomic mass is 10.1. The number of fused-ring (bicyclic) bond motifs is 3. The first kappa shape index (κ1) is 23.0. The maximum Gasteiger partial charge on any atom is 0.338 e. The van der Waals surface area contributed by atoms with Gasteiger partial charge in [0, 0.05) is 36.5 Å². The third-order valence-corrected chi connectivity index (χ3v) is 7.44. The van der Waals surface area contributed by atoms with Crippen molar-refractivity contribution < 1.29 is 22.7 Å². The molecule has 2 aliphatic rings. The van der Waals surface area contributed by atoms with Crippen LogP contribution >= 0.6 is 0 Å². The summed E-state index contributed by atoms with van der Waals surface area (Å²) in [4.78, 5) is 27.2. The molecular formula is C24H27N3O5S. The van der Waals surface area contributed by atoms with Gasteiger partial charge in [-0.25, -0.2) is 4.79 Å². The van der Waals surface area contributed by atoms with Gasteiger partial charge in [0.25, 0.3) is 10.0 Å². The highest BCUT2D eigenvalue weighted by Crippen LogP contribution is 2.35. The van der Waals surface area contributed by atoms with Crippen molar-refractivity contribution in [2.75, 3.05) is 18.1 Å². The zero-order valence-electron chi connectivity index (χ0n) is 18.8. The molecule has 0 aliphatic carbocycles. The van der Waals surface area contributed by atoms with E-state index in [1.165, 1.54) is 12.1 Å². The summed E-state index contributed by atoms with van der Waals surface area (Å²) in [6.45, 7) is 8.28. The molecule has 0 saturated carbocycles. The molecule has 0 spiro atoms. The van der Waals surface area contributed by atoms with E-state index in [9.17, 15) is 18.0 Å². The number of benzene rings is 1. The highest BCUT2D eigenvalue weighted by molar-refractivity contribution is 7.90. The Morgan fingerprint density at radius 3 is 2.73 bits per heavy atom. The van der Waals surface area contributed by atoms with E-state index in [0.29, 0.717) is 36.6 Å². The van der Waals surface area contributed by atoms with Crippen LogP contribution in [0.4, 0.5) is 5.69 Å². The molecule has 0 bridgehead atoms. The number of carbonyl (C=O) groups is 2. The number of hydrogen-bond donors (Lipinski definition) is 0. The van der Waals surface area contributed by atoms with E-state index in [0.717, 1.165) is 30.7 Å². The lowest BCUT2D eigenvalue weighted by molar-refractivity contribution is 0.0474. The van der Waals surface area contributed by atoms with Gasteiger partial charge in [-0.3, -0.25) is 4.79 Å². The quantitative estimate of drug-likeness (QED) is 0.362. The van der Waals surface area contributed by atoms with E-state index in [4.69, 9.17) is 4.74 Å². The van der Waals surface area contributed by atoms with Crippen LogP contribution in [0.2, 0.25) is 0 Å². The van der Waals surface area contributed by atoms with Gasteiger partial charge in [-0.05, 0) is 51.0 Å². The average Bonchev–Trinajstić information content (AvgIpc) is 2.94. The highest BCUT2D eigenvalue weighted by atomic mass is 32.2. The maximum absolute atomic E-state index is 12.8. The first-order valence-corrected chi connectivity index (χ1v) is 12.4. The number of hydrogen-bond acceptors (Lipinski definition) is 6. The van der Waals surface area contributed by atoms with E-state index in [2.05, 4.69) is 11.0 Å². The van der Waals surface area contributed by atoms with Gasteiger partial charge in [0.05, 0.1) is 11.3 Å². The molecule has 1 fully saturated rings. The third-order valence-electron chi connectivity index (χ3n) is 6.10. The largest absolute Gasteiger partial charge is 0.454 e. The van der Waals surface area contributed by atoms with Gasteiger partial charge in [-0.2, -0.15) is 8.42 Å². The second-order valence-corrected chi connectivity index (χ2v) is 9.88. The van der Waals surface area contributed by atoms with Gasteiger partial charge in [0.1, 0.15) is 10.7 Å². The summed E-state index contributed by atoms with van der Waals surface area (Å²) in [5.74, 6) is -0.530. The van der Waals surface area contributed by atoms with E-state index >= 15 is 0 Å². The minimum absolute atomic E-state index is 0.0121. The van der Waals surface area contributed by atoms with Crippen molar-refractivity contribution in [3.63, 3.8) is 0 Å². The average molecular weight is 470 g/mol. The number of ether oxygens (including phenoxy) is 1. The second-order valence-electron chi connectivity index (χ2n) is 8.31. The maximum atomic E-state index is 12.8. The summed E-state index contributed by atoms with van der Waals surface area (Å²) in [5, 5.41) is 0. The molecule has 8 nitrogen and oxygen atoms in total. The van der Waals surface area contributed by atoms with Crippen LogP contribution in [-0.2, 0) is 21.3 Å². The Morgan fingerprint density at radius 2 is 1.97 bits per heavy atom. The molecule has 2 aliphatic heterocycles. The molecule has 0 unspecified atom stereocenters. The molecule has 1 aromatic carbocycles. The molecule has 9 heteroatoms. The normalized spacial score (nSPS) is 16.8. The molecule has 174 valence electrons. The number of ketones is 1. The molecule has 0 atom stereocenters. The number of sulfonamides is 1. The topological polar surface area (TPSA) is 98.0 Å². The van der Waals surface area contributed by atoms with Crippen molar-refractivity contribution >= 4 is 33.3 Å². The van der Waals surface area contributed by atoms with Gasteiger partial charge in [-0.15, -0.1) is 11.0 Å². The molecular weight excluding hydrogens is 442 g/mol. The summed E-state index contributed by atoms with van der Waals surface area (Å²) in [6, 6.07) is 6.20. The Morgan fingerprint density at radius 1 is 1.18 bits per heavy atom. The SMILES string of the molecule is C=CCn1c(C)cc(C(=O)COC(=O)c2ccc3c(c2)S(=O)(=O)N=C2CCCCCN23)c1C. The molecule has 0 N–H and O–H groups in total. The van der Waals surface area contributed by atoms with Crippen LogP contribution in [0.1, 0.15) is 57.8 Å². The van der Waals surface area contributed by atoms with E-state index in [1.54, 1.807) is 18.2 Å². The molecule has 3 heterocycles. The second kappa shape index (κ2) is 8.97. The minimum Gasteiger partial charge on any atom is -0.454 e. The Hall–Kier alpha value is -3.20. The standard InChI is InChI=1S/C24H27N3O5S/c1-4-11-26-16(2)13-19(17(26)3)21(28)15-32-24(29)18-9-10-20-22(14-18)33(30,31)25-23-8-6-5-7-12-27(20)23/h4,9-10,13-14H,1,5-8,11-12,15H2,2-3H3. The number of aromatic nitrogens is 1. The predicted octanol–water partition coefficient (Wildman–Crippen LogP) is 3.81. The van der Waals surface area contributed by atoms with Crippen molar-refractivity contribution in [2.45, 2.75) is 51.0 Å². The number of amidine groups is 1. The zero-order valence-corrected chi connectivity index (χ0v) is 19.7. The number of rotatable bonds is 6. The Bertz CT molecular complexity index is 1270. The summed E-state index contributed by atoms with van der Waals surface area (Å²) < 4.78 is 36.7. The predicted molar refractivity (Wildman–Crippen MR) is 126 cm³/mol. The molecule has 2 aromatic rings. The third kappa shape index (κ3) is 4.37. The van der Waals surface area contributed by atoms with Gasteiger partial charge in [0.15, 0.2) is 6.61 Å². The number of anilines is 1. The lowest BCUT2D eigenvalue weighted by Gasteiger charge is -2.29. The van der Waals surface area contributed by atoms with Crippen LogP contribution in [-0.4, -0.2) is 43.7 Å². The molecule has 0 amide bonds. The van der Waals surface area contributed by atoms with E-state index in [1.807, 2.05) is 23.3 Å². The van der Waals surface area contributed by atoms with Crippen molar-refractivity contribution in [3.8, 4) is 0 Å². The fourth-order valence-electron chi connectivity index (χ4n) is 4.39. The fraction of sp³-hybridized carbons (Fsp3) is 0.375. The number of esters is 1. The lowest BCUT2D eigenvalue weighted by Crippen LogP contribution is -2.35. The monoisotopic (exact) mass is 469 g/mol. The van der Waals surface area contributed by atoms with E-state index < -0.39 is 22.6 Å². The Balaban J connectivity index is 1.53. The van der Waals surface area contributed by atoms with E-state index in [-0.39, 0.29) is 16.2 Å². The molecule has 1 aromatic heterocycles. The van der Waals surface area contributed by atoms with Crippen molar-refractivity contribution in [2.24, 2.45) is 4.40 Å². The fourth-order valence-corrected chi connectivity index (χ4v) is 5.68. The van der Waals surface area contributed by atoms with Crippen molar-refractivity contribution in [1.29, 1.82) is 0 Å². The van der Waals surface area contributed by atoms with Gasteiger partial charge in [-0.1, -0.05) is 12.5 Å². The minimum atomic E-state index is -3.91. The molecule has 0 radical (unpaired) electrons. The van der Waals surface area contributed by atoms with Crippen LogP contribution in [0.25, 0.3) is 0 Å². The van der Waals surface area contributed by atoms with Crippen molar-refractivity contribution in [1.82, 2.24) is 4.57 Å². The first-order valence-electron chi connectivity index (χ1n) is 11.0. The number of nitrogens with zero attached hydrogens (tertiary/aromatic N) is 3. The number of allylic oxidation sites excluding steroid dienone is 1. The number of aryl methyl sites for hydroxylation is 1. The van der Waals surface area contributed by atoms with Crippen LogP contribution in [0.5, 0.6) is 0 Å². The van der Waals surface area contributed by atoms with Crippen molar-refractivity contribution in [3.05, 3.63) is 59.4 Å². The Kier molecular flexibility index (Phi) is 6.25. The van der Waals surface area contributed by atoms with Crippen LogP contribution < -0.4 is 4.90 Å². The number of Topliss-reactive ketones (excluding diaryl/α,β-unsaturated/α-hetero) is 1. The molecule has 33 heavy (non-hydrogen) atoms. The van der Waals surface area contributed by atoms with Crippen LogP contribution in [0.15, 0.2) is 46.2 Å². The first-order chi connectivity index (χ1) is 15.7. The molecule has 1 saturated heterocycles. The van der Waals surface area contributed by atoms with Gasteiger partial charge >= 0.3 is 5.97 Å². The van der Waals surface area contributed by atoms with Crippen LogP contribution in [0, 0.1) is 13.8 Å². The van der Waals surface area contributed by atoms with Gasteiger partial charge < -0.3 is 14.2 Å².